The van der Waals surface area contributed by atoms with Gasteiger partial charge in [0.2, 0.25) is 5.91 Å². The summed E-state index contributed by atoms with van der Waals surface area (Å²) >= 11 is 0. The molecule has 0 aliphatic carbocycles. The third-order valence-electron chi connectivity index (χ3n) is 4.93. The van der Waals surface area contributed by atoms with Crippen molar-refractivity contribution in [2.24, 2.45) is 4.99 Å². The SMILES string of the molecule is CN=C(NCC(=O)Nc1cccnc1)N1CCC(N2CCCCC2)C1. The molecular formula is C18H28N6O. The van der Waals surface area contributed by atoms with E-state index in [1.54, 1.807) is 25.5 Å². The average Bonchev–Trinajstić information content (AvgIpc) is 3.14. The fourth-order valence-corrected chi connectivity index (χ4v) is 3.65. The first kappa shape index (κ1) is 17.7. The summed E-state index contributed by atoms with van der Waals surface area (Å²) < 4.78 is 0. The number of carbonyl (C=O) groups is 1. The van der Waals surface area contributed by atoms with Crippen LogP contribution in [0.15, 0.2) is 29.5 Å². The van der Waals surface area contributed by atoms with Crippen LogP contribution in [-0.4, -0.2) is 72.5 Å². The number of pyridine rings is 1. The van der Waals surface area contributed by atoms with Crippen molar-refractivity contribution in [3.63, 3.8) is 0 Å². The highest BCUT2D eigenvalue weighted by atomic mass is 16.1. The van der Waals surface area contributed by atoms with Crippen molar-refractivity contribution in [1.29, 1.82) is 0 Å². The number of rotatable bonds is 4. The lowest BCUT2D eigenvalue weighted by Gasteiger charge is -2.32. The molecule has 0 saturated carbocycles. The van der Waals surface area contributed by atoms with Crippen molar-refractivity contribution in [1.82, 2.24) is 20.1 Å². The highest BCUT2D eigenvalue weighted by Gasteiger charge is 2.30. The lowest BCUT2D eigenvalue weighted by Crippen LogP contribution is -2.46. The van der Waals surface area contributed by atoms with Crippen molar-refractivity contribution < 1.29 is 4.79 Å². The van der Waals surface area contributed by atoms with E-state index < -0.39 is 0 Å². The summed E-state index contributed by atoms with van der Waals surface area (Å²) in [6.45, 7) is 4.62. The normalized spacial score (nSPS) is 22.0. The Balaban J connectivity index is 1.45. The number of nitrogens with one attached hydrogen (secondary N) is 2. The molecule has 3 rings (SSSR count). The maximum absolute atomic E-state index is 12.1. The lowest BCUT2D eigenvalue weighted by atomic mass is 10.1. The molecule has 2 fully saturated rings. The quantitative estimate of drug-likeness (QED) is 0.633. The molecule has 2 N–H and O–H groups in total. The Labute approximate surface area is 149 Å². The second kappa shape index (κ2) is 8.80. The van der Waals surface area contributed by atoms with Gasteiger partial charge in [0, 0.05) is 32.4 Å². The number of anilines is 1. The molecule has 2 saturated heterocycles. The van der Waals surface area contributed by atoms with E-state index in [4.69, 9.17) is 0 Å². The molecule has 0 aromatic carbocycles. The van der Waals surface area contributed by atoms with Crippen molar-refractivity contribution >= 4 is 17.6 Å². The minimum Gasteiger partial charge on any atom is -0.347 e. The molecule has 136 valence electrons. The molecule has 1 amide bonds. The molecular weight excluding hydrogens is 316 g/mol. The molecule has 2 aliphatic rings. The standard InChI is InChI=1S/C18H28N6O/c1-19-18(21-13-17(25)22-15-6-5-8-20-12-15)24-11-7-16(14-24)23-9-3-2-4-10-23/h5-6,8,12,16H,2-4,7,9-11,13-14H2,1H3,(H,19,21)(H,22,25). The van der Waals surface area contributed by atoms with Crippen LogP contribution in [0.5, 0.6) is 0 Å². The van der Waals surface area contributed by atoms with E-state index in [2.05, 4.69) is 30.4 Å². The molecule has 0 radical (unpaired) electrons. The van der Waals surface area contributed by atoms with Crippen LogP contribution in [0.25, 0.3) is 0 Å². The van der Waals surface area contributed by atoms with Crippen molar-refractivity contribution in [2.45, 2.75) is 31.7 Å². The van der Waals surface area contributed by atoms with Gasteiger partial charge in [-0.1, -0.05) is 6.42 Å². The maximum Gasteiger partial charge on any atom is 0.243 e. The summed E-state index contributed by atoms with van der Waals surface area (Å²) in [6, 6.07) is 4.24. The molecule has 2 aliphatic heterocycles. The number of amides is 1. The van der Waals surface area contributed by atoms with Gasteiger partial charge in [0.15, 0.2) is 5.96 Å². The van der Waals surface area contributed by atoms with Gasteiger partial charge in [0.25, 0.3) is 0 Å². The van der Waals surface area contributed by atoms with Gasteiger partial charge in [-0.3, -0.25) is 19.7 Å². The van der Waals surface area contributed by atoms with Gasteiger partial charge in [0.05, 0.1) is 18.4 Å². The Morgan fingerprint density at radius 3 is 2.88 bits per heavy atom. The van der Waals surface area contributed by atoms with Gasteiger partial charge in [-0.25, -0.2) is 0 Å². The van der Waals surface area contributed by atoms with Crippen LogP contribution in [0.2, 0.25) is 0 Å². The number of likely N-dealkylation sites (tertiary alicyclic amines) is 2. The summed E-state index contributed by atoms with van der Waals surface area (Å²) in [4.78, 5) is 25.3. The van der Waals surface area contributed by atoms with E-state index in [9.17, 15) is 4.79 Å². The highest BCUT2D eigenvalue weighted by molar-refractivity contribution is 5.94. The molecule has 1 unspecified atom stereocenters. The summed E-state index contributed by atoms with van der Waals surface area (Å²) in [5, 5.41) is 6.01. The molecule has 1 aromatic rings. The predicted molar refractivity (Wildman–Crippen MR) is 99.6 cm³/mol. The smallest absolute Gasteiger partial charge is 0.243 e. The van der Waals surface area contributed by atoms with Crippen LogP contribution in [-0.2, 0) is 4.79 Å². The first-order valence-electron chi connectivity index (χ1n) is 9.16. The number of hydrogen-bond donors (Lipinski definition) is 2. The fraction of sp³-hybridized carbons (Fsp3) is 0.611. The Bertz CT molecular complexity index is 584. The van der Waals surface area contributed by atoms with Crippen molar-refractivity contribution in [3.8, 4) is 0 Å². The van der Waals surface area contributed by atoms with Gasteiger partial charge in [0.1, 0.15) is 0 Å². The van der Waals surface area contributed by atoms with Gasteiger partial charge in [-0.05, 0) is 44.5 Å². The van der Waals surface area contributed by atoms with Gasteiger partial charge in [-0.2, -0.15) is 0 Å². The Hall–Kier alpha value is -2.15. The zero-order valence-electron chi connectivity index (χ0n) is 14.9. The van der Waals surface area contributed by atoms with Crippen LogP contribution >= 0.6 is 0 Å². The number of carbonyl (C=O) groups excluding carboxylic acids is 1. The van der Waals surface area contributed by atoms with Crippen LogP contribution < -0.4 is 10.6 Å². The third kappa shape index (κ3) is 4.92. The van der Waals surface area contributed by atoms with Gasteiger partial charge >= 0.3 is 0 Å². The zero-order chi connectivity index (χ0) is 17.5. The third-order valence-corrected chi connectivity index (χ3v) is 4.93. The van der Waals surface area contributed by atoms with Gasteiger partial charge < -0.3 is 15.5 Å². The number of piperidine rings is 1. The number of aromatic nitrogens is 1. The molecule has 1 atom stereocenters. The largest absolute Gasteiger partial charge is 0.347 e. The second-order valence-electron chi connectivity index (χ2n) is 6.68. The average molecular weight is 344 g/mol. The van der Waals surface area contributed by atoms with E-state index in [0.717, 1.165) is 19.0 Å². The summed E-state index contributed by atoms with van der Waals surface area (Å²) in [6.07, 6.45) is 8.49. The number of hydrogen-bond acceptors (Lipinski definition) is 4. The van der Waals surface area contributed by atoms with Crippen LogP contribution in [0.3, 0.4) is 0 Å². The summed E-state index contributed by atoms with van der Waals surface area (Å²) in [7, 11) is 1.77. The maximum atomic E-state index is 12.1. The van der Waals surface area contributed by atoms with Crippen LogP contribution in [0.1, 0.15) is 25.7 Å². The Morgan fingerprint density at radius 1 is 1.32 bits per heavy atom. The molecule has 0 bridgehead atoms. The molecule has 7 heteroatoms. The summed E-state index contributed by atoms with van der Waals surface area (Å²) in [5.41, 5.74) is 0.704. The van der Waals surface area contributed by atoms with E-state index in [1.807, 2.05) is 6.07 Å². The lowest BCUT2D eigenvalue weighted by molar-refractivity contribution is -0.115. The topological polar surface area (TPSA) is 72.9 Å². The Kier molecular flexibility index (Phi) is 6.22. The number of aliphatic imine (C=N–C) groups is 1. The minimum absolute atomic E-state index is 0.0964. The number of nitrogens with zero attached hydrogens (tertiary/aromatic N) is 4. The molecule has 1 aromatic heterocycles. The monoisotopic (exact) mass is 344 g/mol. The highest BCUT2D eigenvalue weighted by Crippen LogP contribution is 2.20. The van der Waals surface area contributed by atoms with E-state index in [1.165, 1.54) is 38.8 Å². The van der Waals surface area contributed by atoms with Crippen LogP contribution in [0.4, 0.5) is 5.69 Å². The molecule has 25 heavy (non-hydrogen) atoms. The molecule has 0 spiro atoms. The summed E-state index contributed by atoms with van der Waals surface area (Å²) in [5.74, 6) is 0.710. The number of guanidine groups is 1. The molecule has 7 nitrogen and oxygen atoms in total. The van der Waals surface area contributed by atoms with E-state index in [0.29, 0.717) is 11.7 Å². The Morgan fingerprint density at radius 2 is 2.16 bits per heavy atom. The first-order chi connectivity index (χ1) is 12.3. The van der Waals surface area contributed by atoms with E-state index in [-0.39, 0.29) is 12.5 Å². The van der Waals surface area contributed by atoms with Crippen molar-refractivity contribution in [2.75, 3.05) is 45.1 Å². The van der Waals surface area contributed by atoms with Crippen molar-refractivity contribution in [3.05, 3.63) is 24.5 Å². The predicted octanol–water partition coefficient (Wildman–Crippen LogP) is 1.16. The second-order valence-corrected chi connectivity index (χ2v) is 6.68. The first-order valence-corrected chi connectivity index (χ1v) is 9.16. The minimum atomic E-state index is -0.0964. The molecule has 3 heterocycles. The van der Waals surface area contributed by atoms with E-state index >= 15 is 0 Å². The van der Waals surface area contributed by atoms with Gasteiger partial charge in [-0.15, -0.1) is 0 Å². The van der Waals surface area contributed by atoms with Crippen LogP contribution in [0, 0.1) is 0 Å². The zero-order valence-corrected chi connectivity index (χ0v) is 14.9. The fourth-order valence-electron chi connectivity index (χ4n) is 3.65.